The SMILES string of the molecule is COC(C)C(=O)N1CCC2(CCC(=O)N(CCc3ccccn3)C2)CC1. The van der Waals surface area contributed by atoms with E-state index in [1.54, 1.807) is 20.2 Å². The van der Waals surface area contributed by atoms with Gasteiger partial charge in [0, 0.05) is 58.0 Å². The Hall–Kier alpha value is -1.95. The van der Waals surface area contributed by atoms with E-state index in [9.17, 15) is 9.59 Å². The van der Waals surface area contributed by atoms with E-state index in [1.165, 1.54) is 0 Å². The molecule has 1 spiro atoms. The van der Waals surface area contributed by atoms with Crippen LogP contribution in [0.2, 0.25) is 0 Å². The lowest BCUT2D eigenvalue weighted by Gasteiger charge is -2.47. The van der Waals surface area contributed by atoms with Gasteiger partial charge in [0.25, 0.3) is 5.91 Å². The number of rotatable bonds is 5. The van der Waals surface area contributed by atoms with Crippen LogP contribution in [0.5, 0.6) is 0 Å². The van der Waals surface area contributed by atoms with Crippen molar-refractivity contribution in [3.63, 3.8) is 0 Å². The second kappa shape index (κ2) is 8.16. The number of hydrogen-bond donors (Lipinski definition) is 0. The number of nitrogens with zero attached hydrogens (tertiary/aromatic N) is 3. The number of hydrogen-bond acceptors (Lipinski definition) is 4. The van der Waals surface area contributed by atoms with Crippen LogP contribution >= 0.6 is 0 Å². The average Bonchev–Trinajstić information content (AvgIpc) is 2.69. The van der Waals surface area contributed by atoms with E-state index in [4.69, 9.17) is 4.74 Å². The summed E-state index contributed by atoms with van der Waals surface area (Å²) in [5.41, 5.74) is 1.18. The highest BCUT2D eigenvalue weighted by atomic mass is 16.5. The number of carbonyl (C=O) groups is 2. The topological polar surface area (TPSA) is 62.7 Å². The summed E-state index contributed by atoms with van der Waals surface area (Å²) in [6.07, 6.45) is 5.68. The van der Waals surface area contributed by atoms with E-state index in [0.717, 1.165) is 57.6 Å². The molecule has 1 unspecified atom stereocenters. The van der Waals surface area contributed by atoms with Crippen molar-refractivity contribution in [3.8, 4) is 0 Å². The lowest BCUT2D eigenvalue weighted by Crippen LogP contribution is -2.53. The molecule has 0 saturated carbocycles. The molecular weight excluding hydrogens is 330 g/mol. The molecule has 0 aliphatic carbocycles. The summed E-state index contributed by atoms with van der Waals surface area (Å²) in [4.78, 5) is 32.9. The molecule has 3 rings (SSSR count). The van der Waals surface area contributed by atoms with Crippen LogP contribution in [-0.4, -0.2) is 66.0 Å². The molecule has 2 aliphatic rings. The van der Waals surface area contributed by atoms with Crippen molar-refractivity contribution in [2.24, 2.45) is 5.41 Å². The Bertz CT molecular complexity index is 626. The third kappa shape index (κ3) is 4.23. The summed E-state index contributed by atoms with van der Waals surface area (Å²) >= 11 is 0. The summed E-state index contributed by atoms with van der Waals surface area (Å²) in [5, 5.41) is 0. The molecule has 1 aromatic rings. The first kappa shape index (κ1) is 18.8. The molecule has 3 heterocycles. The lowest BCUT2D eigenvalue weighted by molar-refractivity contribution is -0.147. The van der Waals surface area contributed by atoms with Gasteiger partial charge in [-0.3, -0.25) is 14.6 Å². The van der Waals surface area contributed by atoms with E-state index >= 15 is 0 Å². The zero-order chi connectivity index (χ0) is 18.6. The lowest BCUT2D eigenvalue weighted by atomic mass is 9.72. The number of aromatic nitrogens is 1. The van der Waals surface area contributed by atoms with Crippen molar-refractivity contribution in [2.45, 2.75) is 45.1 Å². The number of ether oxygens (including phenoxy) is 1. The van der Waals surface area contributed by atoms with Crippen LogP contribution in [0.4, 0.5) is 0 Å². The number of likely N-dealkylation sites (tertiary alicyclic amines) is 2. The van der Waals surface area contributed by atoms with Crippen molar-refractivity contribution < 1.29 is 14.3 Å². The Labute approximate surface area is 155 Å². The van der Waals surface area contributed by atoms with Crippen molar-refractivity contribution in [1.82, 2.24) is 14.8 Å². The average molecular weight is 359 g/mol. The van der Waals surface area contributed by atoms with Crippen LogP contribution < -0.4 is 0 Å². The number of piperidine rings is 2. The maximum Gasteiger partial charge on any atom is 0.251 e. The summed E-state index contributed by atoms with van der Waals surface area (Å²) in [5.74, 6) is 0.319. The first-order chi connectivity index (χ1) is 12.5. The highest BCUT2D eigenvalue weighted by Crippen LogP contribution is 2.40. The first-order valence-electron chi connectivity index (χ1n) is 9.52. The second-order valence-corrected chi connectivity index (χ2v) is 7.59. The van der Waals surface area contributed by atoms with Crippen LogP contribution in [0.1, 0.15) is 38.3 Å². The van der Waals surface area contributed by atoms with Crippen molar-refractivity contribution >= 4 is 11.8 Å². The number of carbonyl (C=O) groups excluding carboxylic acids is 2. The predicted octanol–water partition coefficient (Wildman–Crippen LogP) is 1.89. The van der Waals surface area contributed by atoms with Crippen LogP contribution in [0, 0.1) is 5.41 Å². The molecule has 6 heteroatoms. The largest absolute Gasteiger partial charge is 0.372 e. The molecule has 6 nitrogen and oxygen atoms in total. The summed E-state index contributed by atoms with van der Waals surface area (Å²) in [6.45, 7) is 4.84. The maximum atomic E-state index is 12.4. The Morgan fingerprint density at radius 2 is 2.08 bits per heavy atom. The molecule has 1 aromatic heterocycles. The van der Waals surface area contributed by atoms with Gasteiger partial charge in [0.05, 0.1) is 0 Å². The van der Waals surface area contributed by atoms with Gasteiger partial charge in [0.2, 0.25) is 5.91 Å². The van der Waals surface area contributed by atoms with E-state index in [0.29, 0.717) is 6.42 Å². The zero-order valence-electron chi connectivity index (χ0n) is 15.8. The number of pyridine rings is 1. The molecule has 2 amide bonds. The smallest absolute Gasteiger partial charge is 0.251 e. The highest BCUT2D eigenvalue weighted by molar-refractivity contribution is 5.80. The third-order valence-electron chi connectivity index (χ3n) is 5.95. The van der Waals surface area contributed by atoms with Crippen molar-refractivity contribution in [1.29, 1.82) is 0 Å². The molecule has 1 atom stereocenters. The van der Waals surface area contributed by atoms with Gasteiger partial charge in [0.1, 0.15) is 6.10 Å². The Kier molecular flexibility index (Phi) is 5.91. The summed E-state index contributed by atoms with van der Waals surface area (Å²) < 4.78 is 5.16. The quantitative estimate of drug-likeness (QED) is 0.805. The standard InChI is InChI=1S/C20H29N3O3/c1-16(26-2)19(25)22-13-9-20(10-14-22)8-6-18(24)23(15-20)12-7-17-5-3-4-11-21-17/h3-5,11,16H,6-10,12-15H2,1-2H3. The van der Waals surface area contributed by atoms with Crippen molar-refractivity contribution in [2.75, 3.05) is 33.3 Å². The molecule has 0 radical (unpaired) electrons. The number of amides is 2. The van der Waals surface area contributed by atoms with Gasteiger partial charge >= 0.3 is 0 Å². The summed E-state index contributed by atoms with van der Waals surface area (Å²) in [6, 6.07) is 5.89. The molecule has 26 heavy (non-hydrogen) atoms. The normalized spacial score (nSPS) is 21.1. The van der Waals surface area contributed by atoms with Gasteiger partial charge in [-0.1, -0.05) is 6.07 Å². The Morgan fingerprint density at radius 3 is 2.73 bits per heavy atom. The fourth-order valence-electron chi connectivity index (χ4n) is 4.07. The first-order valence-corrected chi connectivity index (χ1v) is 9.52. The minimum absolute atomic E-state index is 0.0706. The van der Waals surface area contributed by atoms with E-state index in [-0.39, 0.29) is 23.3 Å². The fraction of sp³-hybridized carbons (Fsp3) is 0.650. The van der Waals surface area contributed by atoms with E-state index < -0.39 is 0 Å². The van der Waals surface area contributed by atoms with Crippen LogP contribution in [0.25, 0.3) is 0 Å². The fourth-order valence-corrected chi connectivity index (χ4v) is 4.07. The Morgan fingerprint density at radius 1 is 1.31 bits per heavy atom. The molecule has 2 aliphatic heterocycles. The third-order valence-corrected chi connectivity index (χ3v) is 5.95. The van der Waals surface area contributed by atoms with E-state index in [1.807, 2.05) is 28.0 Å². The molecule has 0 aromatic carbocycles. The molecule has 142 valence electrons. The van der Waals surface area contributed by atoms with Crippen LogP contribution in [0.3, 0.4) is 0 Å². The molecule has 0 bridgehead atoms. The van der Waals surface area contributed by atoms with Crippen LogP contribution in [-0.2, 0) is 20.7 Å². The van der Waals surface area contributed by atoms with Gasteiger partial charge in [-0.2, -0.15) is 0 Å². The molecule has 2 saturated heterocycles. The van der Waals surface area contributed by atoms with Gasteiger partial charge < -0.3 is 14.5 Å². The number of methoxy groups -OCH3 is 1. The monoisotopic (exact) mass is 359 g/mol. The van der Waals surface area contributed by atoms with Gasteiger partial charge in [-0.05, 0) is 43.7 Å². The summed E-state index contributed by atoms with van der Waals surface area (Å²) in [7, 11) is 1.57. The van der Waals surface area contributed by atoms with Gasteiger partial charge in [0.15, 0.2) is 0 Å². The van der Waals surface area contributed by atoms with E-state index in [2.05, 4.69) is 4.98 Å². The zero-order valence-corrected chi connectivity index (χ0v) is 15.8. The highest BCUT2D eigenvalue weighted by Gasteiger charge is 2.41. The van der Waals surface area contributed by atoms with Gasteiger partial charge in [-0.15, -0.1) is 0 Å². The predicted molar refractivity (Wildman–Crippen MR) is 98.5 cm³/mol. The molecule has 2 fully saturated rings. The Balaban J connectivity index is 1.56. The molecule has 0 N–H and O–H groups in total. The second-order valence-electron chi connectivity index (χ2n) is 7.59. The maximum absolute atomic E-state index is 12.4. The minimum Gasteiger partial charge on any atom is -0.372 e. The van der Waals surface area contributed by atoms with Crippen molar-refractivity contribution in [3.05, 3.63) is 30.1 Å². The van der Waals surface area contributed by atoms with Gasteiger partial charge in [-0.25, -0.2) is 0 Å². The minimum atomic E-state index is -0.383. The molecular formula is C20H29N3O3. The van der Waals surface area contributed by atoms with Crippen LogP contribution in [0.15, 0.2) is 24.4 Å².